The van der Waals surface area contributed by atoms with Gasteiger partial charge in [0.1, 0.15) is 0 Å². The van der Waals surface area contributed by atoms with E-state index in [0.717, 1.165) is 25.6 Å². The number of nitrogens with zero attached hydrogens (tertiary/aromatic N) is 3. The first kappa shape index (κ1) is 21.9. The summed E-state index contributed by atoms with van der Waals surface area (Å²) in [5, 5.41) is 3.40. The molecule has 25 heavy (non-hydrogen) atoms. The second kappa shape index (κ2) is 11.5. The quantitative estimate of drug-likeness (QED) is 0.312. The van der Waals surface area contributed by atoms with Gasteiger partial charge in [0, 0.05) is 44.7 Å². The Labute approximate surface area is 171 Å². The van der Waals surface area contributed by atoms with Crippen LogP contribution in [0.1, 0.15) is 12.5 Å². The molecular formula is C17H27IN4O2S. The molecule has 0 atom stereocenters. The van der Waals surface area contributed by atoms with Crippen LogP contribution in [0.2, 0.25) is 0 Å². The lowest BCUT2D eigenvalue weighted by Gasteiger charge is -2.35. The highest BCUT2D eigenvalue weighted by Gasteiger charge is 2.23. The van der Waals surface area contributed by atoms with E-state index in [1.54, 1.807) is 23.7 Å². The third-order valence-electron chi connectivity index (χ3n) is 3.93. The van der Waals surface area contributed by atoms with Gasteiger partial charge in [-0.25, -0.2) is 4.79 Å². The summed E-state index contributed by atoms with van der Waals surface area (Å²) >= 11 is 1.74. The number of amides is 1. The van der Waals surface area contributed by atoms with Crippen LogP contribution in [-0.2, 0) is 11.3 Å². The number of benzene rings is 1. The molecule has 1 fully saturated rings. The van der Waals surface area contributed by atoms with Gasteiger partial charge in [-0.1, -0.05) is 12.1 Å². The number of hydrogen-bond donors (Lipinski definition) is 1. The molecule has 0 unspecified atom stereocenters. The molecule has 2 rings (SSSR count). The highest BCUT2D eigenvalue weighted by molar-refractivity contribution is 14.0. The summed E-state index contributed by atoms with van der Waals surface area (Å²) in [4.78, 5) is 21.3. The zero-order valence-corrected chi connectivity index (χ0v) is 18.2. The van der Waals surface area contributed by atoms with Gasteiger partial charge in [0.05, 0.1) is 6.61 Å². The lowest BCUT2D eigenvalue weighted by molar-refractivity contribution is 0.0914. The third-order valence-corrected chi connectivity index (χ3v) is 4.67. The molecule has 1 aliphatic rings. The van der Waals surface area contributed by atoms with E-state index in [1.165, 1.54) is 10.5 Å². The minimum absolute atomic E-state index is 0. The van der Waals surface area contributed by atoms with Crippen molar-refractivity contribution in [3.8, 4) is 0 Å². The van der Waals surface area contributed by atoms with Crippen LogP contribution in [0.3, 0.4) is 0 Å². The number of hydrogen-bond acceptors (Lipinski definition) is 4. The van der Waals surface area contributed by atoms with Crippen molar-refractivity contribution >= 4 is 47.8 Å². The van der Waals surface area contributed by atoms with Crippen molar-refractivity contribution in [1.29, 1.82) is 0 Å². The van der Waals surface area contributed by atoms with E-state index in [2.05, 4.69) is 45.7 Å². The number of carbonyl (C=O) groups excluding carboxylic acids is 1. The van der Waals surface area contributed by atoms with Crippen LogP contribution in [0.15, 0.2) is 34.2 Å². The number of piperazine rings is 1. The molecule has 6 nitrogen and oxygen atoms in total. The number of ether oxygens (including phenoxy) is 1. The fraction of sp³-hybridized carbons (Fsp3) is 0.529. The molecule has 140 valence electrons. The van der Waals surface area contributed by atoms with Crippen LogP contribution in [0, 0.1) is 0 Å². The number of halogens is 1. The summed E-state index contributed by atoms with van der Waals surface area (Å²) < 4.78 is 5.05. The number of carbonyl (C=O) groups is 1. The zero-order chi connectivity index (χ0) is 17.4. The van der Waals surface area contributed by atoms with Crippen LogP contribution in [0.4, 0.5) is 4.79 Å². The summed E-state index contributed by atoms with van der Waals surface area (Å²) in [6.45, 7) is 5.79. The van der Waals surface area contributed by atoms with Gasteiger partial charge in [-0.3, -0.25) is 4.99 Å². The van der Waals surface area contributed by atoms with Gasteiger partial charge in [0.25, 0.3) is 0 Å². The predicted octanol–water partition coefficient (Wildman–Crippen LogP) is 2.88. The molecular weight excluding hydrogens is 451 g/mol. The van der Waals surface area contributed by atoms with Gasteiger partial charge in [-0.15, -0.1) is 35.7 Å². The van der Waals surface area contributed by atoms with E-state index in [9.17, 15) is 4.79 Å². The van der Waals surface area contributed by atoms with Crippen LogP contribution in [-0.4, -0.2) is 67.9 Å². The number of nitrogens with one attached hydrogen (secondary N) is 1. The first-order chi connectivity index (χ1) is 11.7. The molecule has 0 aliphatic carbocycles. The highest BCUT2D eigenvalue weighted by Crippen LogP contribution is 2.14. The van der Waals surface area contributed by atoms with Crippen molar-refractivity contribution in [3.05, 3.63) is 29.8 Å². The van der Waals surface area contributed by atoms with Gasteiger partial charge in [-0.05, 0) is 30.9 Å². The highest BCUT2D eigenvalue weighted by atomic mass is 127. The second-order valence-corrected chi connectivity index (χ2v) is 6.30. The van der Waals surface area contributed by atoms with Gasteiger partial charge >= 0.3 is 6.09 Å². The second-order valence-electron chi connectivity index (χ2n) is 5.42. The van der Waals surface area contributed by atoms with Gasteiger partial charge in [0.2, 0.25) is 0 Å². The van der Waals surface area contributed by atoms with Crippen LogP contribution in [0.5, 0.6) is 0 Å². The molecule has 1 amide bonds. The molecule has 0 radical (unpaired) electrons. The lowest BCUT2D eigenvalue weighted by Crippen LogP contribution is -2.53. The van der Waals surface area contributed by atoms with Crippen LogP contribution in [0.25, 0.3) is 0 Å². The molecule has 1 heterocycles. The number of rotatable bonds is 4. The minimum atomic E-state index is -0.228. The predicted molar refractivity (Wildman–Crippen MR) is 114 cm³/mol. The number of guanidine groups is 1. The average molecular weight is 478 g/mol. The molecule has 1 aromatic carbocycles. The van der Waals surface area contributed by atoms with Crippen LogP contribution >= 0.6 is 35.7 Å². The summed E-state index contributed by atoms with van der Waals surface area (Å²) in [7, 11) is 1.79. The Bertz CT molecular complexity index is 560. The Morgan fingerprint density at radius 3 is 2.32 bits per heavy atom. The summed E-state index contributed by atoms with van der Waals surface area (Å²) in [6, 6.07) is 8.51. The molecule has 1 aliphatic heterocycles. The molecule has 8 heteroatoms. The van der Waals surface area contributed by atoms with Gasteiger partial charge < -0.3 is 19.9 Å². The van der Waals surface area contributed by atoms with Crippen molar-refractivity contribution in [2.45, 2.75) is 18.4 Å². The largest absolute Gasteiger partial charge is 0.450 e. The van der Waals surface area contributed by atoms with Gasteiger partial charge in [0.15, 0.2) is 5.96 Å². The van der Waals surface area contributed by atoms with E-state index in [0.29, 0.717) is 19.7 Å². The Hall–Kier alpha value is -1.16. The van der Waals surface area contributed by atoms with Crippen molar-refractivity contribution < 1.29 is 9.53 Å². The topological polar surface area (TPSA) is 57.2 Å². The third kappa shape index (κ3) is 6.58. The van der Waals surface area contributed by atoms with E-state index in [1.807, 2.05) is 6.92 Å². The average Bonchev–Trinajstić information content (AvgIpc) is 2.63. The number of thioether (sulfide) groups is 1. The molecule has 1 aromatic rings. The van der Waals surface area contributed by atoms with Crippen molar-refractivity contribution in [2.24, 2.45) is 4.99 Å². The summed E-state index contributed by atoms with van der Waals surface area (Å²) in [5.41, 5.74) is 1.22. The first-order valence-electron chi connectivity index (χ1n) is 8.18. The smallest absolute Gasteiger partial charge is 0.409 e. The van der Waals surface area contributed by atoms with Crippen molar-refractivity contribution in [3.63, 3.8) is 0 Å². The maximum Gasteiger partial charge on any atom is 0.409 e. The maximum atomic E-state index is 11.7. The monoisotopic (exact) mass is 478 g/mol. The molecule has 0 bridgehead atoms. The Morgan fingerprint density at radius 2 is 1.80 bits per heavy atom. The van der Waals surface area contributed by atoms with E-state index < -0.39 is 0 Å². The number of aliphatic imine (C=N–C) groups is 1. The first-order valence-corrected chi connectivity index (χ1v) is 9.40. The Balaban J connectivity index is 0.00000312. The Morgan fingerprint density at radius 1 is 1.20 bits per heavy atom. The normalized spacial score (nSPS) is 14.8. The zero-order valence-electron chi connectivity index (χ0n) is 15.0. The van der Waals surface area contributed by atoms with Crippen LogP contribution < -0.4 is 5.32 Å². The van der Waals surface area contributed by atoms with Gasteiger partial charge in [-0.2, -0.15) is 0 Å². The van der Waals surface area contributed by atoms with E-state index in [4.69, 9.17) is 4.74 Å². The SMILES string of the molecule is CCOC(=O)N1CCN(C(=NC)NCc2ccc(SC)cc2)CC1.I. The summed E-state index contributed by atoms with van der Waals surface area (Å²) in [5.74, 6) is 0.868. The fourth-order valence-corrected chi connectivity index (χ4v) is 2.98. The molecule has 0 spiro atoms. The summed E-state index contributed by atoms with van der Waals surface area (Å²) in [6.07, 6.45) is 1.85. The molecule has 0 aromatic heterocycles. The molecule has 0 saturated carbocycles. The maximum absolute atomic E-state index is 11.7. The van der Waals surface area contributed by atoms with Crippen molar-refractivity contribution in [1.82, 2.24) is 15.1 Å². The minimum Gasteiger partial charge on any atom is -0.450 e. The lowest BCUT2D eigenvalue weighted by atomic mass is 10.2. The molecule has 1 saturated heterocycles. The molecule has 1 N–H and O–H groups in total. The van der Waals surface area contributed by atoms with E-state index in [-0.39, 0.29) is 30.1 Å². The standard InChI is InChI=1S/C17H26N4O2S.HI/c1-4-23-17(22)21-11-9-20(10-12-21)16(18-2)19-13-14-5-7-15(24-3)8-6-14;/h5-8H,4,9-13H2,1-3H3,(H,18,19);1H. The van der Waals surface area contributed by atoms with Crippen molar-refractivity contribution in [2.75, 3.05) is 46.1 Å². The van der Waals surface area contributed by atoms with E-state index >= 15 is 0 Å². The fourth-order valence-electron chi connectivity index (χ4n) is 2.57. The Kier molecular flexibility index (Phi) is 10.0.